The van der Waals surface area contributed by atoms with Gasteiger partial charge >= 0.3 is 0 Å². The van der Waals surface area contributed by atoms with Gasteiger partial charge in [0.2, 0.25) is 5.91 Å². The van der Waals surface area contributed by atoms with E-state index in [9.17, 15) is 4.79 Å². The summed E-state index contributed by atoms with van der Waals surface area (Å²) >= 11 is 0. The fourth-order valence-electron chi connectivity index (χ4n) is 4.07. The average Bonchev–Trinajstić information content (AvgIpc) is 2.70. The highest BCUT2D eigenvalue weighted by Gasteiger charge is 2.41. The third kappa shape index (κ3) is 2.95. The Labute approximate surface area is 115 Å². The molecule has 0 spiro atoms. The lowest BCUT2D eigenvalue weighted by Crippen LogP contribution is -2.50. The van der Waals surface area contributed by atoms with Crippen LogP contribution in [0.25, 0.3) is 0 Å². The molecule has 0 aromatic heterocycles. The van der Waals surface area contributed by atoms with E-state index in [1.54, 1.807) is 0 Å². The normalized spacial score (nSPS) is 38.5. The van der Waals surface area contributed by atoms with E-state index >= 15 is 0 Å². The third-order valence-electron chi connectivity index (χ3n) is 5.01. The highest BCUT2D eigenvalue weighted by Crippen LogP contribution is 2.35. The Balaban J connectivity index is 1.50. The molecule has 0 aromatic carbocycles. The van der Waals surface area contributed by atoms with Crippen molar-refractivity contribution in [3.63, 3.8) is 0 Å². The zero-order chi connectivity index (χ0) is 13.2. The molecule has 0 aromatic rings. The second-order valence-corrected chi connectivity index (χ2v) is 6.44. The van der Waals surface area contributed by atoms with E-state index in [1.165, 1.54) is 12.8 Å². The number of carbonyl (C=O) groups excluding carboxylic acids is 1. The molecule has 3 heterocycles. The molecule has 2 N–H and O–H groups in total. The van der Waals surface area contributed by atoms with Gasteiger partial charge in [0.1, 0.15) is 0 Å². The van der Waals surface area contributed by atoms with Crippen molar-refractivity contribution in [2.75, 3.05) is 6.61 Å². The maximum absolute atomic E-state index is 12.4. The van der Waals surface area contributed by atoms with Crippen LogP contribution in [0.1, 0.15) is 57.8 Å². The average molecular weight is 266 g/mol. The number of fused-ring (bicyclic) bond motifs is 2. The van der Waals surface area contributed by atoms with Gasteiger partial charge in [-0.1, -0.05) is 0 Å². The second kappa shape index (κ2) is 5.80. The minimum absolute atomic E-state index is 0.309. The molecule has 19 heavy (non-hydrogen) atoms. The molecule has 4 heteroatoms. The van der Waals surface area contributed by atoms with Gasteiger partial charge in [-0.05, 0) is 51.4 Å². The van der Waals surface area contributed by atoms with Crippen LogP contribution >= 0.6 is 0 Å². The van der Waals surface area contributed by atoms with Crippen molar-refractivity contribution in [1.29, 1.82) is 0 Å². The molecule has 2 bridgehead atoms. The molecule has 108 valence electrons. The van der Waals surface area contributed by atoms with E-state index in [2.05, 4.69) is 4.90 Å². The molecular weight excluding hydrogens is 240 g/mol. The van der Waals surface area contributed by atoms with Gasteiger partial charge < -0.3 is 15.4 Å². The highest BCUT2D eigenvalue weighted by atomic mass is 16.5. The number of rotatable bonds is 3. The van der Waals surface area contributed by atoms with Gasteiger partial charge in [-0.2, -0.15) is 0 Å². The number of hydrogen-bond donors (Lipinski definition) is 1. The van der Waals surface area contributed by atoms with Gasteiger partial charge in [-0.25, -0.2) is 0 Å². The fourth-order valence-corrected chi connectivity index (χ4v) is 4.07. The SMILES string of the molecule is NC1CC2CCC(C1)N2C(=O)CCC1CCCCO1. The Hall–Kier alpha value is -0.610. The summed E-state index contributed by atoms with van der Waals surface area (Å²) in [5.41, 5.74) is 6.05. The van der Waals surface area contributed by atoms with Crippen LogP contribution in [0.4, 0.5) is 0 Å². The standard InChI is InChI=1S/C15H26N2O2/c16-11-9-12-4-5-13(10-11)17(12)15(18)7-6-14-3-1-2-8-19-14/h11-14H,1-10,16H2. The minimum atomic E-state index is 0.309. The Morgan fingerprint density at radius 2 is 1.89 bits per heavy atom. The minimum Gasteiger partial charge on any atom is -0.378 e. The van der Waals surface area contributed by atoms with Crippen molar-refractivity contribution in [2.45, 2.75) is 82.0 Å². The fraction of sp³-hybridized carbons (Fsp3) is 0.933. The quantitative estimate of drug-likeness (QED) is 0.847. The lowest BCUT2D eigenvalue weighted by Gasteiger charge is -2.38. The Morgan fingerprint density at radius 3 is 2.53 bits per heavy atom. The van der Waals surface area contributed by atoms with E-state index in [4.69, 9.17) is 10.5 Å². The summed E-state index contributed by atoms with van der Waals surface area (Å²) in [6.07, 6.45) is 9.76. The Kier molecular flexibility index (Phi) is 4.08. The van der Waals surface area contributed by atoms with Crippen molar-refractivity contribution < 1.29 is 9.53 Å². The zero-order valence-electron chi connectivity index (χ0n) is 11.7. The number of hydrogen-bond acceptors (Lipinski definition) is 3. The first-order valence-electron chi connectivity index (χ1n) is 7.92. The molecule has 3 saturated heterocycles. The van der Waals surface area contributed by atoms with Crippen molar-refractivity contribution in [2.24, 2.45) is 5.73 Å². The first kappa shape index (κ1) is 13.4. The van der Waals surface area contributed by atoms with Crippen LogP contribution in [0.3, 0.4) is 0 Å². The van der Waals surface area contributed by atoms with Gasteiger partial charge in [0, 0.05) is 31.2 Å². The molecular formula is C15H26N2O2. The number of nitrogens with zero attached hydrogens (tertiary/aromatic N) is 1. The molecule has 0 radical (unpaired) electrons. The van der Waals surface area contributed by atoms with E-state index in [0.29, 0.717) is 36.6 Å². The Morgan fingerprint density at radius 1 is 1.16 bits per heavy atom. The van der Waals surface area contributed by atoms with Crippen LogP contribution in [0.15, 0.2) is 0 Å². The van der Waals surface area contributed by atoms with Crippen LogP contribution in [-0.4, -0.2) is 41.6 Å². The topological polar surface area (TPSA) is 55.6 Å². The molecule has 3 atom stereocenters. The van der Waals surface area contributed by atoms with Crippen LogP contribution in [-0.2, 0) is 9.53 Å². The molecule has 3 unspecified atom stereocenters. The number of amides is 1. The van der Waals surface area contributed by atoms with E-state index in [1.807, 2.05) is 0 Å². The van der Waals surface area contributed by atoms with Crippen molar-refractivity contribution >= 4 is 5.91 Å². The first-order valence-corrected chi connectivity index (χ1v) is 7.92. The molecule has 3 aliphatic heterocycles. The van der Waals surface area contributed by atoms with Crippen molar-refractivity contribution in [1.82, 2.24) is 4.90 Å². The Bertz CT molecular complexity index is 314. The monoisotopic (exact) mass is 266 g/mol. The summed E-state index contributed by atoms with van der Waals surface area (Å²) in [5.74, 6) is 0.341. The summed E-state index contributed by atoms with van der Waals surface area (Å²) in [6.45, 7) is 0.878. The van der Waals surface area contributed by atoms with E-state index in [0.717, 1.165) is 45.1 Å². The summed E-state index contributed by atoms with van der Waals surface area (Å²) in [4.78, 5) is 14.6. The summed E-state index contributed by atoms with van der Waals surface area (Å²) in [6, 6.07) is 1.16. The van der Waals surface area contributed by atoms with Crippen molar-refractivity contribution in [3.05, 3.63) is 0 Å². The second-order valence-electron chi connectivity index (χ2n) is 6.44. The summed E-state index contributed by atoms with van der Waals surface area (Å²) < 4.78 is 5.71. The summed E-state index contributed by atoms with van der Waals surface area (Å²) in [5, 5.41) is 0. The molecule has 1 amide bonds. The number of nitrogens with two attached hydrogens (primary N) is 1. The predicted molar refractivity (Wildman–Crippen MR) is 73.7 cm³/mol. The predicted octanol–water partition coefficient (Wildman–Crippen LogP) is 1.82. The van der Waals surface area contributed by atoms with Gasteiger partial charge in [-0.3, -0.25) is 4.79 Å². The zero-order valence-corrected chi connectivity index (χ0v) is 11.7. The molecule has 3 fully saturated rings. The first-order chi connectivity index (χ1) is 9.24. The van der Waals surface area contributed by atoms with Gasteiger partial charge in [0.15, 0.2) is 0 Å². The molecule has 0 saturated carbocycles. The van der Waals surface area contributed by atoms with Crippen molar-refractivity contribution in [3.8, 4) is 0 Å². The molecule has 0 aliphatic carbocycles. The van der Waals surface area contributed by atoms with E-state index < -0.39 is 0 Å². The maximum atomic E-state index is 12.4. The largest absolute Gasteiger partial charge is 0.378 e. The number of piperidine rings is 1. The maximum Gasteiger partial charge on any atom is 0.223 e. The molecule has 3 aliphatic rings. The van der Waals surface area contributed by atoms with Gasteiger partial charge in [-0.15, -0.1) is 0 Å². The molecule has 3 rings (SSSR count). The highest BCUT2D eigenvalue weighted by molar-refractivity contribution is 5.77. The van der Waals surface area contributed by atoms with Crippen LogP contribution in [0.2, 0.25) is 0 Å². The number of ether oxygens (including phenoxy) is 1. The van der Waals surface area contributed by atoms with Gasteiger partial charge in [0.25, 0.3) is 0 Å². The third-order valence-corrected chi connectivity index (χ3v) is 5.01. The van der Waals surface area contributed by atoms with Crippen LogP contribution in [0.5, 0.6) is 0 Å². The smallest absolute Gasteiger partial charge is 0.223 e. The summed E-state index contributed by atoms with van der Waals surface area (Å²) in [7, 11) is 0. The van der Waals surface area contributed by atoms with E-state index in [-0.39, 0.29) is 0 Å². The molecule has 4 nitrogen and oxygen atoms in total. The van der Waals surface area contributed by atoms with Crippen LogP contribution in [0, 0.1) is 0 Å². The van der Waals surface area contributed by atoms with Crippen LogP contribution < -0.4 is 5.73 Å². The number of carbonyl (C=O) groups is 1. The van der Waals surface area contributed by atoms with Gasteiger partial charge in [0.05, 0.1) is 6.10 Å². The lowest BCUT2D eigenvalue weighted by atomic mass is 9.97. The lowest BCUT2D eigenvalue weighted by molar-refractivity contribution is -0.136.